The number of nitrogens with zero attached hydrogens (tertiary/aromatic N) is 1. The molecule has 0 heterocycles. The second-order valence-corrected chi connectivity index (χ2v) is 8.70. The third-order valence-corrected chi connectivity index (χ3v) is 5.15. The molecule has 0 bridgehead atoms. The van der Waals surface area contributed by atoms with Crippen molar-refractivity contribution in [2.45, 2.75) is 4.90 Å². The summed E-state index contributed by atoms with van der Waals surface area (Å²) in [6.07, 6.45) is 0.793. The summed E-state index contributed by atoms with van der Waals surface area (Å²) in [5.41, 5.74) is -1.28. The van der Waals surface area contributed by atoms with Crippen LogP contribution in [0.4, 0.5) is 21.5 Å². The molecule has 2 aromatic rings. The van der Waals surface area contributed by atoms with Crippen molar-refractivity contribution >= 4 is 37.1 Å². The SMILES string of the molecule is COc1ccc(NS(=O)(=O)c2ccc(NS(C)(=O)=O)c([N+](=O)[O-])c2)cc1F. The van der Waals surface area contributed by atoms with Crippen LogP contribution < -0.4 is 14.2 Å². The van der Waals surface area contributed by atoms with E-state index in [9.17, 15) is 31.3 Å². The molecule has 0 unspecified atom stereocenters. The summed E-state index contributed by atoms with van der Waals surface area (Å²) in [5.74, 6) is -0.902. The molecule has 0 radical (unpaired) electrons. The fourth-order valence-electron chi connectivity index (χ4n) is 2.06. The minimum absolute atomic E-state index is 0.0928. The minimum atomic E-state index is -4.31. The van der Waals surface area contributed by atoms with E-state index >= 15 is 0 Å². The van der Waals surface area contributed by atoms with E-state index in [1.807, 2.05) is 4.72 Å². The molecule has 0 aromatic heterocycles. The average Bonchev–Trinajstić information content (AvgIpc) is 2.53. The van der Waals surface area contributed by atoms with Gasteiger partial charge in [0.15, 0.2) is 11.6 Å². The standard InChI is InChI=1S/C14H14FN3O7S2/c1-25-14-6-3-9(7-11(14)15)16-27(23,24)10-4-5-12(17-26(2,21)22)13(8-10)18(19)20/h3-8,16-17H,1-2H3. The van der Waals surface area contributed by atoms with Gasteiger partial charge in [0.25, 0.3) is 15.7 Å². The molecule has 13 heteroatoms. The number of halogens is 1. The number of methoxy groups -OCH3 is 1. The van der Waals surface area contributed by atoms with Gasteiger partial charge in [-0.1, -0.05) is 0 Å². The fraction of sp³-hybridized carbons (Fsp3) is 0.143. The highest BCUT2D eigenvalue weighted by molar-refractivity contribution is 7.92. The lowest BCUT2D eigenvalue weighted by Gasteiger charge is -2.11. The highest BCUT2D eigenvalue weighted by Crippen LogP contribution is 2.29. The maximum atomic E-state index is 13.7. The predicted molar refractivity (Wildman–Crippen MR) is 95.3 cm³/mol. The van der Waals surface area contributed by atoms with E-state index in [2.05, 4.69) is 4.72 Å². The number of sulfonamides is 2. The van der Waals surface area contributed by atoms with Gasteiger partial charge in [0.05, 0.1) is 28.9 Å². The van der Waals surface area contributed by atoms with Gasteiger partial charge in [0, 0.05) is 12.1 Å². The Balaban J connectivity index is 2.42. The monoisotopic (exact) mass is 419 g/mol. The minimum Gasteiger partial charge on any atom is -0.494 e. The Kier molecular flexibility index (Phi) is 5.56. The molecule has 2 rings (SSSR count). The van der Waals surface area contributed by atoms with Crippen molar-refractivity contribution in [2.24, 2.45) is 0 Å². The molecule has 0 saturated carbocycles. The first-order chi connectivity index (χ1) is 12.4. The van der Waals surface area contributed by atoms with E-state index < -0.39 is 47.1 Å². The molecule has 0 aliphatic heterocycles. The van der Waals surface area contributed by atoms with Gasteiger partial charge < -0.3 is 4.74 Å². The highest BCUT2D eigenvalue weighted by Gasteiger charge is 2.23. The van der Waals surface area contributed by atoms with Crippen molar-refractivity contribution in [3.8, 4) is 5.75 Å². The van der Waals surface area contributed by atoms with Crippen LogP contribution in [-0.2, 0) is 20.0 Å². The molecule has 146 valence electrons. The molecule has 0 saturated heterocycles. The summed E-state index contributed by atoms with van der Waals surface area (Å²) < 4.78 is 69.8. The Bertz CT molecular complexity index is 1100. The Labute approximate surface area is 154 Å². The molecule has 0 spiro atoms. The molecule has 10 nitrogen and oxygen atoms in total. The van der Waals surface area contributed by atoms with E-state index in [0.29, 0.717) is 6.07 Å². The second kappa shape index (κ2) is 7.36. The summed E-state index contributed by atoms with van der Waals surface area (Å²) in [4.78, 5) is 9.71. The summed E-state index contributed by atoms with van der Waals surface area (Å²) in [5, 5.41) is 11.2. The first kappa shape index (κ1) is 20.4. The van der Waals surface area contributed by atoms with Crippen molar-refractivity contribution in [3.63, 3.8) is 0 Å². The number of nitro benzene ring substituents is 1. The van der Waals surface area contributed by atoms with Gasteiger partial charge in [0.1, 0.15) is 5.69 Å². The van der Waals surface area contributed by atoms with E-state index in [1.54, 1.807) is 0 Å². The maximum absolute atomic E-state index is 13.7. The first-order valence-electron chi connectivity index (χ1n) is 7.05. The lowest BCUT2D eigenvalue weighted by Crippen LogP contribution is -2.15. The van der Waals surface area contributed by atoms with Crippen LogP contribution in [0, 0.1) is 15.9 Å². The van der Waals surface area contributed by atoms with Crippen LogP contribution in [0.3, 0.4) is 0 Å². The largest absolute Gasteiger partial charge is 0.494 e. The van der Waals surface area contributed by atoms with Gasteiger partial charge in [-0.15, -0.1) is 0 Å². The van der Waals surface area contributed by atoms with Crippen molar-refractivity contribution < 1.29 is 30.9 Å². The molecule has 0 aliphatic carbocycles. The molecule has 0 aliphatic rings. The molecule has 0 fully saturated rings. The van der Waals surface area contributed by atoms with Gasteiger partial charge in [0.2, 0.25) is 10.0 Å². The fourth-order valence-corrected chi connectivity index (χ4v) is 3.70. The van der Waals surface area contributed by atoms with E-state index in [1.165, 1.54) is 19.2 Å². The molecule has 2 aromatic carbocycles. The number of benzene rings is 2. The maximum Gasteiger partial charge on any atom is 0.294 e. The van der Waals surface area contributed by atoms with Gasteiger partial charge >= 0.3 is 0 Å². The molecule has 0 amide bonds. The predicted octanol–water partition coefficient (Wildman–Crippen LogP) is 1.91. The zero-order chi connectivity index (χ0) is 20.4. The van der Waals surface area contributed by atoms with Crippen LogP contribution in [0.15, 0.2) is 41.3 Å². The van der Waals surface area contributed by atoms with Crippen molar-refractivity contribution in [1.29, 1.82) is 0 Å². The second-order valence-electron chi connectivity index (χ2n) is 5.27. The number of anilines is 2. The first-order valence-corrected chi connectivity index (χ1v) is 10.4. The number of hydrogen-bond donors (Lipinski definition) is 2. The smallest absolute Gasteiger partial charge is 0.294 e. The summed E-state index contributed by atoms with van der Waals surface area (Å²) in [6.45, 7) is 0. The lowest BCUT2D eigenvalue weighted by molar-refractivity contribution is -0.384. The third-order valence-electron chi connectivity index (χ3n) is 3.18. The summed E-state index contributed by atoms with van der Waals surface area (Å²) in [7, 11) is -6.88. The van der Waals surface area contributed by atoms with Crippen molar-refractivity contribution in [2.75, 3.05) is 22.8 Å². The number of nitrogens with one attached hydrogen (secondary N) is 2. The highest BCUT2D eigenvalue weighted by atomic mass is 32.2. The topological polar surface area (TPSA) is 145 Å². The Morgan fingerprint density at radius 3 is 2.26 bits per heavy atom. The molecule has 27 heavy (non-hydrogen) atoms. The molecular formula is C14H14FN3O7S2. The van der Waals surface area contributed by atoms with Gasteiger partial charge in [-0.2, -0.15) is 0 Å². The number of rotatable bonds is 7. The Morgan fingerprint density at radius 1 is 1.07 bits per heavy atom. The van der Waals surface area contributed by atoms with Crippen LogP contribution in [0.5, 0.6) is 5.75 Å². The van der Waals surface area contributed by atoms with E-state index in [4.69, 9.17) is 4.74 Å². The number of ether oxygens (including phenoxy) is 1. The lowest BCUT2D eigenvalue weighted by atomic mass is 10.3. The van der Waals surface area contributed by atoms with Crippen LogP contribution in [-0.4, -0.2) is 35.1 Å². The third kappa shape index (κ3) is 5.04. The van der Waals surface area contributed by atoms with Crippen LogP contribution >= 0.6 is 0 Å². The molecule has 0 atom stereocenters. The quantitative estimate of drug-likeness (QED) is 0.515. The van der Waals surface area contributed by atoms with E-state index in [-0.39, 0.29) is 11.4 Å². The van der Waals surface area contributed by atoms with Crippen LogP contribution in [0.1, 0.15) is 0 Å². The van der Waals surface area contributed by atoms with Crippen LogP contribution in [0.2, 0.25) is 0 Å². The normalized spacial score (nSPS) is 11.7. The Morgan fingerprint density at radius 2 is 1.74 bits per heavy atom. The summed E-state index contributed by atoms with van der Waals surface area (Å²) in [6, 6.07) is 5.94. The van der Waals surface area contributed by atoms with Gasteiger partial charge in [-0.3, -0.25) is 19.6 Å². The zero-order valence-electron chi connectivity index (χ0n) is 14.0. The van der Waals surface area contributed by atoms with Crippen molar-refractivity contribution in [3.05, 3.63) is 52.3 Å². The zero-order valence-corrected chi connectivity index (χ0v) is 15.6. The van der Waals surface area contributed by atoms with Gasteiger partial charge in [-0.25, -0.2) is 21.2 Å². The van der Waals surface area contributed by atoms with Gasteiger partial charge in [-0.05, 0) is 24.3 Å². The molecular weight excluding hydrogens is 405 g/mol. The van der Waals surface area contributed by atoms with Crippen molar-refractivity contribution in [1.82, 2.24) is 0 Å². The molecule has 2 N–H and O–H groups in total. The number of hydrogen-bond acceptors (Lipinski definition) is 7. The Hall–Kier alpha value is -2.93. The van der Waals surface area contributed by atoms with Crippen LogP contribution in [0.25, 0.3) is 0 Å². The average molecular weight is 419 g/mol. The number of nitro groups is 1. The van der Waals surface area contributed by atoms with E-state index in [0.717, 1.165) is 24.5 Å². The summed E-state index contributed by atoms with van der Waals surface area (Å²) >= 11 is 0.